The number of hydrogen-bond donors (Lipinski definition) is 0. The minimum atomic E-state index is -4.21. The first-order chi connectivity index (χ1) is 14.3. The molecule has 4 rings (SSSR count). The van der Waals surface area contributed by atoms with E-state index in [-0.39, 0.29) is 25.2 Å². The predicted octanol–water partition coefficient (Wildman–Crippen LogP) is 5.03. The van der Waals surface area contributed by atoms with Crippen LogP contribution in [-0.2, 0) is 13.1 Å². The van der Waals surface area contributed by atoms with Crippen molar-refractivity contribution in [3.63, 3.8) is 0 Å². The molecule has 0 saturated carbocycles. The van der Waals surface area contributed by atoms with Crippen LogP contribution in [0.5, 0.6) is 0 Å². The number of para-hydroxylation sites is 4. The van der Waals surface area contributed by atoms with Gasteiger partial charge < -0.3 is 4.57 Å². The van der Waals surface area contributed by atoms with Crippen molar-refractivity contribution in [2.24, 2.45) is 0 Å². The van der Waals surface area contributed by atoms with Gasteiger partial charge in [-0.15, -0.1) is 0 Å². The van der Waals surface area contributed by atoms with E-state index < -0.39 is 12.6 Å². The molecule has 2 aromatic heterocycles. The van der Waals surface area contributed by atoms with Gasteiger partial charge in [-0.3, -0.25) is 9.13 Å². The second-order valence-corrected chi connectivity index (χ2v) is 7.32. The molecule has 0 radical (unpaired) electrons. The number of aromatic nitrogens is 4. The van der Waals surface area contributed by atoms with Crippen molar-refractivity contribution in [1.82, 2.24) is 18.7 Å². The fourth-order valence-electron chi connectivity index (χ4n) is 3.80. The summed E-state index contributed by atoms with van der Waals surface area (Å²) in [6.07, 6.45) is -5.13. The fourth-order valence-corrected chi connectivity index (χ4v) is 3.80. The molecule has 2 heterocycles. The Morgan fingerprint density at radius 1 is 1.00 bits per heavy atom. The van der Waals surface area contributed by atoms with Crippen molar-refractivity contribution in [1.29, 1.82) is 0 Å². The quantitative estimate of drug-likeness (QED) is 0.444. The lowest BCUT2D eigenvalue weighted by atomic mass is 10.2. The molecule has 0 aliphatic heterocycles. The van der Waals surface area contributed by atoms with E-state index in [1.807, 2.05) is 48.5 Å². The topological polar surface area (TPSA) is 44.8 Å². The van der Waals surface area contributed by atoms with Crippen molar-refractivity contribution in [3.05, 3.63) is 71.4 Å². The van der Waals surface area contributed by atoms with Crippen LogP contribution in [0.4, 0.5) is 13.2 Å². The minimum Gasteiger partial charge on any atom is -0.326 e. The number of rotatable bonds is 6. The Labute approximate surface area is 170 Å². The highest BCUT2D eigenvalue weighted by Crippen LogP contribution is 2.24. The third-order valence-electron chi connectivity index (χ3n) is 5.09. The highest BCUT2D eigenvalue weighted by Gasteiger charge is 2.26. The average Bonchev–Trinajstić information content (AvgIpc) is 3.16. The summed E-state index contributed by atoms with van der Waals surface area (Å²) in [6, 6.07) is 14.7. The molecule has 2 aromatic carbocycles. The van der Waals surface area contributed by atoms with E-state index in [0.717, 1.165) is 16.6 Å². The standard InChI is InChI=1S/C22H21F3N4O/c1-15(2)29-19-11-6-5-10-18(19)28(21(29)30)14-20-26-16-8-3-4-9-17(16)27(20)13-7-12-22(23,24)25/h3-6,8-11H,1,7,12-14H2,2H3. The van der Waals surface area contributed by atoms with Gasteiger partial charge in [-0.05, 0) is 37.6 Å². The maximum atomic E-state index is 13.1. The van der Waals surface area contributed by atoms with E-state index in [9.17, 15) is 18.0 Å². The van der Waals surface area contributed by atoms with Crippen LogP contribution in [0.15, 0.2) is 59.9 Å². The number of benzene rings is 2. The summed E-state index contributed by atoms with van der Waals surface area (Å²) in [4.78, 5) is 17.7. The van der Waals surface area contributed by atoms with Crippen LogP contribution < -0.4 is 5.69 Å². The number of alkyl halides is 3. The van der Waals surface area contributed by atoms with Gasteiger partial charge in [0, 0.05) is 18.7 Å². The monoisotopic (exact) mass is 414 g/mol. The van der Waals surface area contributed by atoms with Crippen LogP contribution in [0.1, 0.15) is 25.6 Å². The van der Waals surface area contributed by atoms with Crippen molar-refractivity contribution in [3.8, 4) is 0 Å². The van der Waals surface area contributed by atoms with Gasteiger partial charge in [0.1, 0.15) is 5.82 Å². The van der Waals surface area contributed by atoms with E-state index in [4.69, 9.17) is 0 Å². The highest BCUT2D eigenvalue weighted by atomic mass is 19.4. The number of allylic oxidation sites excluding steroid dienone is 1. The van der Waals surface area contributed by atoms with Crippen molar-refractivity contribution < 1.29 is 13.2 Å². The molecule has 156 valence electrons. The summed E-state index contributed by atoms with van der Waals surface area (Å²) in [7, 11) is 0. The van der Waals surface area contributed by atoms with E-state index in [0.29, 0.717) is 17.0 Å². The molecule has 0 spiro atoms. The van der Waals surface area contributed by atoms with Gasteiger partial charge in [0.2, 0.25) is 0 Å². The Kier molecular flexibility index (Phi) is 5.01. The van der Waals surface area contributed by atoms with Crippen LogP contribution in [0, 0.1) is 0 Å². The molecule has 4 aromatic rings. The number of imidazole rings is 2. The first-order valence-corrected chi connectivity index (χ1v) is 9.63. The predicted molar refractivity (Wildman–Crippen MR) is 111 cm³/mol. The SMILES string of the molecule is C=C(C)n1c(=O)n(Cc2nc3ccccc3n2CCCC(F)(F)F)c2ccccc21. The molecular formula is C22H21F3N4O. The minimum absolute atomic E-state index is 0.0563. The van der Waals surface area contributed by atoms with Crippen LogP contribution >= 0.6 is 0 Å². The van der Waals surface area contributed by atoms with E-state index >= 15 is 0 Å². The molecule has 0 aliphatic carbocycles. The molecule has 0 atom stereocenters. The second kappa shape index (κ2) is 7.51. The molecule has 0 saturated heterocycles. The maximum Gasteiger partial charge on any atom is 0.389 e. The molecule has 0 aliphatic rings. The lowest BCUT2D eigenvalue weighted by Crippen LogP contribution is -2.25. The van der Waals surface area contributed by atoms with Gasteiger partial charge in [0.05, 0.1) is 28.6 Å². The number of nitrogens with zero attached hydrogens (tertiary/aromatic N) is 4. The largest absolute Gasteiger partial charge is 0.389 e. The number of hydrogen-bond acceptors (Lipinski definition) is 2. The van der Waals surface area contributed by atoms with Crippen LogP contribution in [0.3, 0.4) is 0 Å². The van der Waals surface area contributed by atoms with Crippen molar-refractivity contribution in [2.45, 2.75) is 39.0 Å². The fraction of sp³-hybridized carbons (Fsp3) is 0.273. The Balaban J connectivity index is 1.80. The summed E-state index contributed by atoms with van der Waals surface area (Å²) < 4.78 is 42.9. The zero-order valence-electron chi connectivity index (χ0n) is 16.5. The lowest BCUT2D eigenvalue weighted by Gasteiger charge is -2.11. The molecule has 0 N–H and O–H groups in total. The maximum absolute atomic E-state index is 13.1. The highest BCUT2D eigenvalue weighted by molar-refractivity contribution is 5.80. The zero-order valence-corrected chi connectivity index (χ0v) is 16.5. The Bertz CT molecular complexity index is 1290. The van der Waals surface area contributed by atoms with Crippen LogP contribution in [0.25, 0.3) is 27.8 Å². The molecule has 0 fully saturated rings. The van der Waals surface area contributed by atoms with Gasteiger partial charge in [-0.25, -0.2) is 9.78 Å². The first kappa shape index (κ1) is 20.0. The molecule has 5 nitrogen and oxygen atoms in total. The average molecular weight is 414 g/mol. The summed E-state index contributed by atoms with van der Waals surface area (Å²) in [5, 5.41) is 0. The normalized spacial score (nSPS) is 12.1. The molecule has 0 amide bonds. The van der Waals surface area contributed by atoms with Crippen molar-refractivity contribution >= 4 is 27.8 Å². The van der Waals surface area contributed by atoms with Crippen LogP contribution in [-0.4, -0.2) is 24.9 Å². The van der Waals surface area contributed by atoms with Gasteiger partial charge in [0.15, 0.2) is 0 Å². The van der Waals surface area contributed by atoms with Crippen molar-refractivity contribution in [2.75, 3.05) is 0 Å². The Hall–Kier alpha value is -3.29. The molecule has 30 heavy (non-hydrogen) atoms. The summed E-state index contributed by atoms with van der Waals surface area (Å²) in [5.41, 5.74) is 3.24. The summed E-state index contributed by atoms with van der Waals surface area (Å²) in [5.74, 6) is 0.546. The third kappa shape index (κ3) is 3.65. The molecular weight excluding hydrogens is 393 g/mol. The van der Waals surface area contributed by atoms with E-state index in [2.05, 4.69) is 11.6 Å². The smallest absolute Gasteiger partial charge is 0.326 e. The molecule has 0 unspecified atom stereocenters. The summed E-state index contributed by atoms with van der Waals surface area (Å²) in [6.45, 7) is 5.97. The molecule has 8 heteroatoms. The summed E-state index contributed by atoms with van der Waals surface area (Å²) >= 11 is 0. The molecule has 0 bridgehead atoms. The van der Waals surface area contributed by atoms with Gasteiger partial charge in [-0.2, -0.15) is 13.2 Å². The zero-order chi connectivity index (χ0) is 21.5. The lowest BCUT2D eigenvalue weighted by molar-refractivity contribution is -0.135. The van der Waals surface area contributed by atoms with Gasteiger partial charge in [0.25, 0.3) is 0 Å². The number of halogens is 3. The number of fused-ring (bicyclic) bond motifs is 2. The van der Waals surface area contributed by atoms with Crippen LogP contribution in [0.2, 0.25) is 0 Å². The third-order valence-corrected chi connectivity index (χ3v) is 5.09. The second-order valence-electron chi connectivity index (χ2n) is 7.32. The Morgan fingerprint density at radius 3 is 2.30 bits per heavy atom. The van der Waals surface area contributed by atoms with E-state index in [1.165, 1.54) is 4.57 Å². The van der Waals surface area contributed by atoms with Gasteiger partial charge >= 0.3 is 11.9 Å². The number of aryl methyl sites for hydroxylation is 1. The Morgan fingerprint density at radius 2 is 1.63 bits per heavy atom. The van der Waals surface area contributed by atoms with Gasteiger partial charge in [-0.1, -0.05) is 30.8 Å². The first-order valence-electron chi connectivity index (χ1n) is 9.63. The van der Waals surface area contributed by atoms with E-state index in [1.54, 1.807) is 16.1 Å².